The van der Waals surface area contributed by atoms with E-state index >= 15 is 0 Å². The van der Waals surface area contributed by atoms with Crippen molar-refractivity contribution in [1.82, 2.24) is 19.1 Å². The highest BCUT2D eigenvalue weighted by Gasteiger charge is 2.30. The number of aromatic nitrogens is 4. The molecule has 0 unspecified atom stereocenters. The van der Waals surface area contributed by atoms with Gasteiger partial charge in [-0.2, -0.15) is 31.3 Å². The molecular formula is C34H26F6N8O2. The van der Waals surface area contributed by atoms with Gasteiger partial charge in [-0.1, -0.05) is 0 Å². The number of benzene rings is 4. The van der Waals surface area contributed by atoms with Crippen molar-refractivity contribution in [3.8, 4) is 11.4 Å². The Bertz CT molecular complexity index is 1970. The number of nitrogens with zero attached hydrogens (tertiary/aromatic N) is 5. The van der Waals surface area contributed by atoms with Crippen LogP contribution in [0.1, 0.15) is 11.1 Å². The minimum Gasteiger partial charge on any atom is -0.399 e. The van der Waals surface area contributed by atoms with E-state index < -0.39 is 29.5 Å². The zero-order valence-electron chi connectivity index (χ0n) is 25.6. The molecule has 10 nitrogen and oxygen atoms in total. The minimum atomic E-state index is -4.40. The van der Waals surface area contributed by atoms with E-state index in [1.807, 2.05) is 39.6 Å². The highest BCUT2D eigenvalue weighted by Crippen LogP contribution is 2.31. The fourth-order valence-electron chi connectivity index (χ4n) is 4.00. The summed E-state index contributed by atoms with van der Waals surface area (Å²) in [6.45, 7) is 0. The van der Waals surface area contributed by atoms with Crippen molar-refractivity contribution < 1.29 is 35.9 Å². The zero-order chi connectivity index (χ0) is 36.1. The first kappa shape index (κ1) is 36.2. The van der Waals surface area contributed by atoms with Crippen LogP contribution in [-0.2, 0) is 17.1 Å². The highest BCUT2D eigenvalue weighted by molar-refractivity contribution is 5.99. The lowest BCUT2D eigenvalue weighted by molar-refractivity contribution is -0.138. The summed E-state index contributed by atoms with van der Waals surface area (Å²) in [6.07, 6.45) is 2.97. The predicted octanol–water partition coefficient (Wildman–Crippen LogP) is 8.66. The molecule has 2 amide bonds. The van der Waals surface area contributed by atoms with Gasteiger partial charge in [0.2, 0.25) is 6.08 Å². The average molecular weight is 693 g/mol. The van der Waals surface area contributed by atoms with Gasteiger partial charge in [0.1, 0.15) is 0 Å². The van der Waals surface area contributed by atoms with Crippen molar-refractivity contribution in [2.45, 2.75) is 12.4 Å². The molecule has 0 saturated carbocycles. The van der Waals surface area contributed by atoms with Gasteiger partial charge < -0.3 is 25.5 Å². The number of nitrogen functional groups attached to an aromatic ring is 1. The third kappa shape index (κ3) is 11.0. The Morgan fingerprint density at radius 3 is 1.42 bits per heavy atom. The number of halogens is 6. The van der Waals surface area contributed by atoms with Crippen LogP contribution in [0.5, 0.6) is 0 Å². The van der Waals surface area contributed by atoms with Crippen molar-refractivity contribution in [3.63, 3.8) is 0 Å². The van der Waals surface area contributed by atoms with E-state index in [1.54, 1.807) is 55.5 Å². The summed E-state index contributed by atoms with van der Waals surface area (Å²) < 4.78 is 77.2. The van der Waals surface area contributed by atoms with E-state index in [0.29, 0.717) is 5.69 Å². The van der Waals surface area contributed by atoms with Crippen molar-refractivity contribution in [2.75, 3.05) is 16.4 Å². The molecule has 6 aromatic rings. The van der Waals surface area contributed by atoms with Gasteiger partial charge in [-0.15, -0.1) is 0 Å². The number of alkyl halides is 6. The molecule has 2 aromatic heterocycles. The Labute approximate surface area is 280 Å². The number of aliphatic imine (C=N–C) groups is 1. The number of isocyanates is 1. The lowest BCUT2D eigenvalue weighted by Gasteiger charge is -2.10. The van der Waals surface area contributed by atoms with E-state index in [2.05, 4.69) is 25.6 Å². The average Bonchev–Trinajstić information content (AvgIpc) is 3.82. The molecule has 0 bridgehead atoms. The summed E-state index contributed by atoms with van der Waals surface area (Å²) in [7, 11) is 0. The van der Waals surface area contributed by atoms with Crippen LogP contribution in [0.25, 0.3) is 11.4 Å². The largest absolute Gasteiger partial charge is 0.416 e. The van der Waals surface area contributed by atoms with E-state index in [-0.39, 0.29) is 11.4 Å². The normalized spacial score (nSPS) is 10.8. The Balaban J connectivity index is 0.000000188. The molecule has 50 heavy (non-hydrogen) atoms. The van der Waals surface area contributed by atoms with Crippen molar-refractivity contribution >= 4 is 34.9 Å². The number of rotatable bonds is 5. The number of nitrogens with one attached hydrogen (secondary N) is 2. The molecule has 0 aliphatic carbocycles. The van der Waals surface area contributed by atoms with Crippen LogP contribution in [0.2, 0.25) is 0 Å². The Morgan fingerprint density at radius 2 is 1.04 bits per heavy atom. The van der Waals surface area contributed by atoms with Gasteiger partial charge in [-0.25, -0.2) is 19.6 Å². The number of imidazole rings is 2. The Hall–Kier alpha value is -6.67. The van der Waals surface area contributed by atoms with E-state index in [4.69, 9.17) is 5.73 Å². The molecule has 0 fully saturated rings. The standard InChI is InChI=1S/C17H13F3N4O.C9H9N3.C8H4F3NO/c18-17(19,20)12-1-3-13(4-2-12)22-16(25)23-14-5-7-15(8-6-14)24-10-9-21-11-24;10-8-1-3-9(4-2-8)12-6-5-11-7-12;9-8(10,11)6-1-3-7(4-2-6)12-5-13/h1-11H,(H2,22,23,25);1-7H,10H2;1-4H. The first-order valence-electron chi connectivity index (χ1n) is 14.2. The summed E-state index contributed by atoms with van der Waals surface area (Å²) in [5.74, 6) is 0. The molecule has 0 aliphatic rings. The third-order valence-electron chi connectivity index (χ3n) is 6.46. The van der Waals surface area contributed by atoms with Gasteiger partial charge in [0.15, 0.2) is 0 Å². The molecule has 0 saturated heterocycles. The summed E-state index contributed by atoms with van der Waals surface area (Å²) in [5.41, 5.74) is 7.72. The van der Waals surface area contributed by atoms with Crippen LogP contribution in [0.4, 0.5) is 53.9 Å². The molecule has 16 heteroatoms. The van der Waals surface area contributed by atoms with E-state index in [0.717, 1.165) is 53.5 Å². The van der Waals surface area contributed by atoms with Crippen molar-refractivity contribution in [1.29, 1.82) is 0 Å². The second-order valence-electron chi connectivity index (χ2n) is 9.98. The number of hydrogen-bond donors (Lipinski definition) is 3. The molecule has 6 rings (SSSR count). The minimum absolute atomic E-state index is 0.156. The monoisotopic (exact) mass is 692 g/mol. The third-order valence-corrected chi connectivity index (χ3v) is 6.46. The molecule has 0 atom stereocenters. The van der Waals surface area contributed by atoms with Crippen LogP contribution >= 0.6 is 0 Å². The Morgan fingerprint density at radius 1 is 0.640 bits per heavy atom. The fourth-order valence-corrected chi connectivity index (χ4v) is 4.00. The topological polar surface area (TPSA) is 132 Å². The van der Waals surface area contributed by atoms with Crippen LogP contribution in [0.15, 0.2) is 139 Å². The second kappa shape index (κ2) is 16.4. The predicted molar refractivity (Wildman–Crippen MR) is 175 cm³/mol. The molecule has 256 valence electrons. The molecule has 4 aromatic carbocycles. The van der Waals surface area contributed by atoms with Crippen LogP contribution < -0.4 is 16.4 Å². The highest BCUT2D eigenvalue weighted by atomic mass is 19.4. The van der Waals surface area contributed by atoms with Gasteiger partial charge in [-0.05, 0) is 97.1 Å². The van der Waals surface area contributed by atoms with Gasteiger partial charge >= 0.3 is 18.4 Å². The maximum atomic E-state index is 12.5. The number of carbonyl (C=O) groups excluding carboxylic acids is 2. The lowest BCUT2D eigenvalue weighted by Crippen LogP contribution is -2.19. The maximum Gasteiger partial charge on any atom is 0.416 e. The molecule has 0 spiro atoms. The summed E-state index contributed by atoms with van der Waals surface area (Å²) in [6, 6.07) is 22.3. The van der Waals surface area contributed by atoms with Crippen molar-refractivity contribution in [3.05, 3.63) is 146 Å². The maximum absolute atomic E-state index is 12.5. The SMILES string of the molecule is Nc1ccc(-n2ccnc2)cc1.O=C(Nc1ccc(-n2ccnc2)cc1)Nc1ccc(C(F)(F)F)cc1.O=C=Nc1ccc(C(F)(F)F)cc1. The fraction of sp³-hybridized carbons (Fsp3) is 0.0588. The summed E-state index contributed by atoms with van der Waals surface area (Å²) in [5, 5.41) is 5.09. The number of urea groups is 1. The first-order valence-corrected chi connectivity index (χ1v) is 14.2. The number of nitrogens with two attached hydrogens (primary N) is 1. The number of hydrogen-bond acceptors (Lipinski definition) is 6. The molecular weight excluding hydrogens is 666 g/mol. The van der Waals surface area contributed by atoms with Gasteiger partial charge in [0.05, 0.1) is 29.5 Å². The van der Waals surface area contributed by atoms with Gasteiger partial charge in [0, 0.05) is 53.2 Å². The lowest BCUT2D eigenvalue weighted by atomic mass is 10.2. The summed E-state index contributed by atoms with van der Waals surface area (Å²) >= 11 is 0. The van der Waals surface area contributed by atoms with Gasteiger partial charge in [-0.3, -0.25) is 0 Å². The quantitative estimate of drug-likeness (QED) is 0.0720. The smallest absolute Gasteiger partial charge is 0.399 e. The van der Waals surface area contributed by atoms with Crippen LogP contribution in [0, 0.1) is 0 Å². The molecule has 0 aliphatic heterocycles. The summed E-state index contributed by atoms with van der Waals surface area (Å²) in [4.78, 5) is 32.7. The molecule has 0 radical (unpaired) electrons. The number of amides is 2. The van der Waals surface area contributed by atoms with Crippen molar-refractivity contribution in [2.24, 2.45) is 4.99 Å². The number of anilines is 3. The van der Waals surface area contributed by atoms with E-state index in [9.17, 15) is 35.9 Å². The van der Waals surface area contributed by atoms with Crippen LogP contribution in [-0.4, -0.2) is 31.2 Å². The van der Waals surface area contributed by atoms with E-state index in [1.165, 1.54) is 18.2 Å². The first-order chi connectivity index (χ1) is 23.8. The Kier molecular flexibility index (Phi) is 11.9. The molecule has 4 N–H and O–H groups in total. The van der Waals surface area contributed by atoms with Gasteiger partial charge in [0.25, 0.3) is 0 Å². The van der Waals surface area contributed by atoms with Crippen LogP contribution in [0.3, 0.4) is 0 Å². The zero-order valence-corrected chi connectivity index (χ0v) is 25.6. The number of carbonyl (C=O) groups is 1. The second-order valence-corrected chi connectivity index (χ2v) is 9.98. The molecule has 2 heterocycles.